The molecule has 6 heteroatoms. The van der Waals surface area contributed by atoms with Crippen molar-refractivity contribution < 1.29 is 4.79 Å². The quantitative estimate of drug-likeness (QED) is 0.471. The number of rotatable bonds is 4. The fourth-order valence-electron chi connectivity index (χ4n) is 2.40. The summed E-state index contributed by atoms with van der Waals surface area (Å²) in [6.45, 7) is 2.99. The summed E-state index contributed by atoms with van der Waals surface area (Å²) >= 11 is 5.97. The second-order valence-electron chi connectivity index (χ2n) is 4.76. The molecule has 0 saturated carbocycles. The average molecular weight is 279 g/mol. The van der Waals surface area contributed by atoms with E-state index >= 15 is 0 Å². The van der Waals surface area contributed by atoms with Gasteiger partial charge in [0.05, 0.1) is 6.04 Å². The molecule has 100 valence electrons. The van der Waals surface area contributed by atoms with Crippen LogP contribution in [0.2, 0.25) is 5.02 Å². The predicted molar refractivity (Wildman–Crippen MR) is 73.7 cm³/mol. The zero-order valence-corrected chi connectivity index (χ0v) is 11.4. The van der Waals surface area contributed by atoms with Gasteiger partial charge in [-0.05, 0) is 36.1 Å². The van der Waals surface area contributed by atoms with Crippen LogP contribution in [0.3, 0.4) is 0 Å². The average Bonchev–Trinajstić information content (AvgIpc) is 2.76. The van der Waals surface area contributed by atoms with Gasteiger partial charge in [-0.25, -0.2) is 0 Å². The first-order valence-electron chi connectivity index (χ1n) is 6.17. The Balaban J connectivity index is 2.09. The Kier molecular flexibility index (Phi) is 4.30. The molecule has 0 bridgehead atoms. The van der Waals surface area contributed by atoms with Gasteiger partial charge in [-0.2, -0.15) is 0 Å². The van der Waals surface area contributed by atoms with Crippen LogP contribution in [0, 0.1) is 5.92 Å². The maximum Gasteiger partial charge on any atom is 0.223 e. The number of amides is 1. The first-order valence-corrected chi connectivity index (χ1v) is 6.55. The van der Waals surface area contributed by atoms with Crippen molar-refractivity contribution in [1.29, 1.82) is 0 Å². The molecule has 0 N–H and O–H groups in total. The summed E-state index contributed by atoms with van der Waals surface area (Å²) in [5.41, 5.74) is 9.34. The van der Waals surface area contributed by atoms with Crippen LogP contribution in [0.25, 0.3) is 10.4 Å². The molecule has 2 unspecified atom stereocenters. The molecule has 1 heterocycles. The predicted octanol–water partition coefficient (Wildman–Crippen LogP) is 3.56. The van der Waals surface area contributed by atoms with Crippen LogP contribution in [-0.2, 0) is 4.79 Å². The molecule has 1 aromatic rings. The molecular weight excluding hydrogens is 264 g/mol. The molecule has 0 aromatic heterocycles. The molecule has 5 nitrogen and oxygen atoms in total. The minimum atomic E-state index is -0.0118. The van der Waals surface area contributed by atoms with Crippen LogP contribution >= 0.6 is 11.6 Å². The molecule has 1 fully saturated rings. The maximum absolute atomic E-state index is 12.0. The van der Waals surface area contributed by atoms with Crippen molar-refractivity contribution in [2.75, 3.05) is 13.1 Å². The number of likely N-dealkylation sites (tertiary alicyclic amines) is 1. The van der Waals surface area contributed by atoms with E-state index in [2.05, 4.69) is 10.0 Å². The van der Waals surface area contributed by atoms with E-state index in [1.54, 1.807) is 0 Å². The fourth-order valence-corrected chi connectivity index (χ4v) is 2.60. The summed E-state index contributed by atoms with van der Waals surface area (Å²) < 4.78 is 0. The number of hydrogen-bond donors (Lipinski definition) is 0. The lowest BCUT2D eigenvalue weighted by Gasteiger charge is -2.25. The highest BCUT2D eigenvalue weighted by Crippen LogP contribution is 2.29. The van der Waals surface area contributed by atoms with E-state index < -0.39 is 0 Å². The van der Waals surface area contributed by atoms with Crippen LogP contribution in [0.15, 0.2) is 29.4 Å². The van der Waals surface area contributed by atoms with Gasteiger partial charge in [-0.3, -0.25) is 4.79 Å². The summed E-state index contributed by atoms with van der Waals surface area (Å²) in [5, 5.41) is 4.22. The fraction of sp³-hybridized carbons (Fsp3) is 0.462. The second-order valence-corrected chi connectivity index (χ2v) is 5.20. The Morgan fingerprint density at radius 3 is 3.11 bits per heavy atom. The van der Waals surface area contributed by atoms with Crippen LogP contribution < -0.4 is 0 Å². The third-order valence-corrected chi connectivity index (χ3v) is 3.68. The van der Waals surface area contributed by atoms with E-state index in [-0.39, 0.29) is 17.9 Å². The first-order chi connectivity index (χ1) is 9.11. The molecule has 1 amide bonds. The number of carbonyl (C=O) groups is 1. The SMILES string of the molecule is CC(c1cccc(Cl)c1)N1CC(CN=[N+]=[N-])CC1=O. The molecule has 1 saturated heterocycles. The van der Waals surface area contributed by atoms with Crippen molar-refractivity contribution in [2.45, 2.75) is 19.4 Å². The summed E-state index contributed by atoms with van der Waals surface area (Å²) in [7, 11) is 0. The molecule has 2 rings (SSSR count). The minimum Gasteiger partial charge on any atom is -0.336 e. The monoisotopic (exact) mass is 278 g/mol. The molecule has 1 aliphatic rings. The van der Waals surface area contributed by atoms with Gasteiger partial charge in [0.2, 0.25) is 5.91 Å². The topological polar surface area (TPSA) is 69.1 Å². The number of carbonyl (C=O) groups excluding carboxylic acids is 1. The third kappa shape index (κ3) is 3.19. The number of halogens is 1. The van der Waals surface area contributed by atoms with Gasteiger partial charge in [0.15, 0.2) is 0 Å². The van der Waals surface area contributed by atoms with E-state index in [1.807, 2.05) is 36.1 Å². The highest BCUT2D eigenvalue weighted by atomic mass is 35.5. The maximum atomic E-state index is 12.0. The standard InChI is InChI=1S/C13H15ClN4O/c1-9(11-3-2-4-12(14)6-11)18-8-10(5-13(18)19)7-16-17-15/h2-4,6,9-10H,5,7-8H2,1H3. The van der Waals surface area contributed by atoms with E-state index in [9.17, 15) is 4.79 Å². The van der Waals surface area contributed by atoms with Gasteiger partial charge in [0.1, 0.15) is 0 Å². The highest BCUT2D eigenvalue weighted by Gasteiger charge is 2.32. The van der Waals surface area contributed by atoms with E-state index in [0.29, 0.717) is 24.5 Å². The molecule has 0 aliphatic carbocycles. The van der Waals surface area contributed by atoms with Gasteiger partial charge >= 0.3 is 0 Å². The smallest absolute Gasteiger partial charge is 0.223 e. The minimum absolute atomic E-state index is 0.0118. The van der Waals surface area contributed by atoms with Crippen LogP contribution in [0.5, 0.6) is 0 Å². The van der Waals surface area contributed by atoms with Gasteiger partial charge in [-0.15, -0.1) is 0 Å². The lowest BCUT2D eigenvalue weighted by molar-refractivity contribution is -0.129. The molecule has 0 spiro atoms. The Bertz CT molecular complexity index is 527. The Morgan fingerprint density at radius 2 is 2.42 bits per heavy atom. The molecule has 1 aliphatic heterocycles. The molecular formula is C13H15ClN4O. The van der Waals surface area contributed by atoms with E-state index in [4.69, 9.17) is 17.1 Å². The van der Waals surface area contributed by atoms with Crippen molar-refractivity contribution in [2.24, 2.45) is 11.0 Å². The number of nitrogens with zero attached hydrogens (tertiary/aromatic N) is 4. The van der Waals surface area contributed by atoms with Crippen molar-refractivity contribution in [3.63, 3.8) is 0 Å². The Hall–Kier alpha value is -1.71. The van der Waals surface area contributed by atoms with Crippen LogP contribution in [-0.4, -0.2) is 23.9 Å². The zero-order chi connectivity index (χ0) is 13.8. The van der Waals surface area contributed by atoms with Gasteiger partial charge in [0.25, 0.3) is 0 Å². The zero-order valence-electron chi connectivity index (χ0n) is 10.7. The lowest BCUT2D eigenvalue weighted by atomic mass is 10.1. The number of azide groups is 1. The normalized spacial score (nSPS) is 20.2. The lowest BCUT2D eigenvalue weighted by Crippen LogP contribution is -2.28. The molecule has 1 aromatic carbocycles. The number of benzene rings is 1. The van der Waals surface area contributed by atoms with Gasteiger partial charge < -0.3 is 4.90 Å². The number of hydrogen-bond acceptors (Lipinski definition) is 2. The van der Waals surface area contributed by atoms with E-state index in [0.717, 1.165) is 5.56 Å². The van der Waals surface area contributed by atoms with Crippen molar-refractivity contribution in [3.05, 3.63) is 45.3 Å². The molecule has 2 atom stereocenters. The van der Waals surface area contributed by atoms with Crippen LogP contribution in [0.4, 0.5) is 0 Å². The van der Waals surface area contributed by atoms with Crippen molar-refractivity contribution in [1.82, 2.24) is 4.90 Å². The van der Waals surface area contributed by atoms with Crippen LogP contribution in [0.1, 0.15) is 24.9 Å². The molecule has 19 heavy (non-hydrogen) atoms. The first kappa shape index (κ1) is 13.7. The van der Waals surface area contributed by atoms with Gasteiger partial charge in [0, 0.05) is 29.4 Å². The highest BCUT2D eigenvalue weighted by molar-refractivity contribution is 6.30. The third-order valence-electron chi connectivity index (χ3n) is 3.44. The van der Waals surface area contributed by atoms with Crippen molar-refractivity contribution in [3.8, 4) is 0 Å². The Morgan fingerprint density at radius 1 is 1.63 bits per heavy atom. The van der Waals surface area contributed by atoms with Crippen molar-refractivity contribution >= 4 is 17.5 Å². The second kappa shape index (κ2) is 5.95. The summed E-state index contributed by atoms with van der Waals surface area (Å²) in [6.07, 6.45) is 0.448. The summed E-state index contributed by atoms with van der Waals surface area (Å²) in [5.74, 6) is 0.218. The van der Waals surface area contributed by atoms with E-state index in [1.165, 1.54) is 0 Å². The summed E-state index contributed by atoms with van der Waals surface area (Å²) in [6, 6.07) is 7.52. The molecule has 0 radical (unpaired) electrons. The van der Waals surface area contributed by atoms with Gasteiger partial charge in [-0.1, -0.05) is 28.8 Å². The largest absolute Gasteiger partial charge is 0.336 e. The summed E-state index contributed by atoms with van der Waals surface area (Å²) in [4.78, 5) is 16.6. The Labute approximate surface area is 116 Å².